The first-order valence-electron chi connectivity index (χ1n) is 11.3. The molecule has 186 valence electrons. The fourth-order valence-electron chi connectivity index (χ4n) is 3.46. The minimum Gasteiger partial charge on any atom is -0.480 e. The molecule has 0 aliphatic heterocycles. The van der Waals surface area contributed by atoms with Gasteiger partial charge in [-0.25, -0.2) is 4.79 Å². The van der Waals surface area contributed by atoms with Gasteiger partial charge in [0.15, 0.2) is 0 Å². The zero-order valence-corrected chi connectivity index (χ0v) is 19.5. The van der Waals surface area contributed by atoms with Crippen molar-refractivity contribution in [2.75, 3.05) is 6.54 Å². The summed E-state index contributed by atoms with van der Waals surface area (Å²) in [5.74, 6) is -2.89. The molecular weight excluding hydrogens is 440 g/mol. The van der Waals surface area contributed by atoms with Crippen molar-refractivity contribution in [1.29, 1.82) is 0 Å². The fraction of sp³-hybridized carbons (Fsp3) is 0.478. The Kier molecular flexibility index (Phi) is 10.0. The highest BCUT2D eigenvalue weighted by molar-refractivity contribution is 5.94. The molecule has 9 N–H and O–H groups in total. The van der Waals surface area contributed by atoms with Gasteiger partial charge in [0.05, 0.1) is 6.04 Å². The minimum atomic E-state index is -1.20. The van der Waals surface area contributed by atoms with Crippen molar-refractivity contribution < 1.29 is 24.3 Å². The maximum Gasteiger partial charge on any atom is 0.326 e. The van der Waals surface area contributed by atoms with Crippen molar-refractivity contribution >= 4 is 34.6 Å². The zero-order valence-electron chi connectivity index (χ0n) is 19.5. The third kappa shape index (κ3) is 7.56. The number of unbranched alkanes of at least 4 members (excludes halogenated alkanes) is 1. The Hall–Kier alpha value is -3.44. The molecule has 0 bridgehead atoms. The van der Waals surface area contributed by atoms with Gasteiger partial charge in [0.1, 0.15) is 18.1 Å². The monoisotopic (exact) mass is 474 g/mol. The van der Waals surface area contributed by atoms with Gasteiger partial charge in [-0.2, -0.15) is 0 Å². The summed E-state index contributed by atoms with van der Waals surface area (Å²) < 4.78 is 0. The number of benzene rings is 1. The number of aromatic amines is 1. The van der Waals surface area contributed by atoms with Gasteiger partial charge in [-0.05, 0) is 51.3 Å². The summed E-state index contributed by atoms with van der Waals surface area (Å²) in [7, 11) is 0. The van der Waals surface area contributed by atoms with E-state index in [1.165, 1.54) is 13.8 Å². The maximum absolute atomic E-state index is 13.0. The first-order valence-corrected chi connectivity index (χ1v) is 11.3. The Balaban J connectivity index is 2.11. The first kappa shape index (κ1) is 26.8. The van der Waals surface area contributed by atoms with Crippen molar-refractivity contribution in [3.63, 3.8) is 0 Å². The van der Waals surface area contributed by atoms with E-state index < -0.39 is 47.9 Å². The van der Waals surface area contributed by atoms with E-state index in [0.717, 1.165) is 16.5 Å². The van der Waals surface area contributed by atoms with Gasteiger partial charge < -0.3 is 37.5 Å². The van der Waals surface area contributed by atoms with Crippen LogP contribution in [-0.4, -0.2) is 64.5 Å². The van der Waals surface area contributed by atoms with Crippen LogP contribution in [0.5, 0.6) is 0 Å². The lowest BCUT2D eigenvalue weighted by Gasteiger charge is -2.23. The number of amides is 3. The molecule has 3 amide bonds. The third-order valence-electron chi connectivity index (χ3n) is 5.46. The molecule has 34 heavy (non-hydrogen) atoms. The van der Waals surface area contributed by atoms with Gasteiger partial charge in [0.2, 0.25) is 17.7 Å². The number of rotatable bonds is 13. The van der Waals surface area contributed by atoms with Crippen LogP contribution in [0.1, 0.15) is 38.7 Å². The number of nitrogens with one attached hydrogen (secondary N) is 4. The molecule has 0 aliphatic rings. The molecule has 4 atom stereocenters. The molecule has 0 aliphatic carbocycles. The number of aromatic nitrogens is 1. The summed E-state index contributed by atoms with van der Waals surface area (Å²) >= 11 is 0. The van der Waals surface area contributed by atoms with Gasteiger partial charge in [0, 0.05) is 23.5 Å². The summed E-state index contributed by atoms with van der Waals surface area (Å²) in [6.07, 6.45) is 3.23. The van der Waals surface area contributed by atoms with Gasteiger partial charge in [-0.3, -0.25) is 14.4 Å². The highest BCUT2D eigenvalue weighted by Crippen LogP contribution is 2.19. The van der Waals surface area contributed by atoms with E-state index in [0.29, 0.717) is 19.4 Å². The van der Waals surface area contributed by atoms with E-state index in [1.807, 2.05) is 24.3 Å². The molecular formula is C23H34N6O5. The number of nitrogens with two attached hydrogens (primary N) is 2. The highest BCUT2D eigenvalue weighted by atomic mass is 16.4. The highest BCUT2D eigenvalue weighted by Gasteiger charge is 2.28. The second kappa shape index (κ2) is 12.7. The summed E-state index contributed by atoms with van der Waals surface area (Å²) in [5.41, 5.74) is 12.7. The fourth-order valence-corrected chi connectivity index (χ4v) is 3.46. The predicted octanol–water partition coefficient (Wildman–Crippen LogP) is -0.254. The number of carboxylic acid groups (broad SMARTS) is 1. The first-order chi connectivity index (χ1) is 16.1. The van der Waals surface area contributed by atoms with Crippen molar-refractivity contribution in [1.82, 2.24) is 20.9 Å². The van der Waals surface area contributed by atoms with Crippen molar-refractivity contribution in [3.8, 4) is 0 Å². The van der Waals surface area contributed by atoms with Crippen LogP contribution < -0.4 is 27.4 Å². The lowest BCUT2D eigenvalue weighted by atomic mass is 10.0. The Morgan fingerprint density at radius 2 is 1.65 bits per heavy atom. The number of para-hydroxylation sites is 1. The molecule has 1 heterocycles. The largest absolute Gasteiger partial charge is 0.480 e. The Labute approximate surface area is 198 Å². The van der Waals surface area contributed by atoms with Gasteiger partial charge >= 0.3 is 5.97 Å². The Morgan fingerprint density at radius 3 is 2.29 bits per heavy atom. The van der Waals surface area contributed by atoms with Crippen LogP contribution in [0, 0.1) is 0 Å². The van der Waals surface area contributed by atoms with Gasteiger partial charge in [-0.15, -0.1) is 0 Å². The van der Waals surface area contributed by atoms with Crippen LogP contribution in [0.15, 0.2) is 30.5 Å². The number of H-pyrrole nitrogens is 1. The van der Waals surface area contributed by atoms with Gasteiger partial charge in [0.25, 0.3) is 0 Å². The molecule has 1 aromatic carbocycles. The normalized spacial score (nSPS) is 14.6. The van der Waals surface area contributed by atoms with E-state index in [-0.39, 0.29) is 12.8 Å². The number of carbonyl (C=O) groups is 4. The van der Waals surface area contributed by atoms with Crippen LogP contribution in [0.2, 0.25) is 0 Å². The topological polar surface area (TPSA) is 192 Å². The van der Waals surface area contributed by atoms with Crippen molar-refractivity contribution in [3.05, 3.63) is 36.0 Å². The van der Waals surface area contributed by atoms with E-state index >= 15 is 0 Å². The van der Waals surface area contributed by atoms with Crippen molar-refractivity contribution in [2.24, 2.45) is 11.5 Å². The number of aliphatic carboxylic acids is 1. The predicted molar refractivity (Wildman–Crippen MR) is 128 cm³/mol. The molecule has 4 unspecified atom stereocenters. The molecule has 2 rings (SSSR count). The van der Waals surface area contributed by atoms with E-state index in [2.05, 4.69) is 20.9 Å². The van der Waals surface area contributed by atoms with Crippen molar-refractivity contribution in [2.45, 2.75) is 63.7 Å². The molecule has 11 nitrogen and oxygen atoms in total. The van der Waals surface area contributed by atoms with Gasteiger partial charge in [-0.1, -0.05) is 18.2 Å². The number of hydrogen-bond acceptors (Lipinski definition) is 6. The van der Waals surface area contributed by atoms with E-state index in [9.17, 15) is 24.3 Å². The summed E-state index contributed by atoms with van der Waals surface area (Å²) in [6, 6.07) is 3.56. The lowest BCUT2D eigenvalue weighted by molar-refractivity contribution is -0.142. The zero-order chi connectivity index (χ0) is 25.3. The maximum atomic E-state index is 13.0. The lowest BCUT2D eigenvalue weighted by Crippen LogP contribution is -2.56. The van der Waals surface area contributed by atoms with E-state index in [4.69, 9.17) is 11.5 Å². The Morgan fingerprint density at radius 1 is 0.971 bits per heavy atom. The number of hydrogen-bond donors (Lipinski definition) is 7. The van der Waals surface area contributed by atoms with Crippen LogP contribution in [0.4, 0.5) is 0 Å². The molecule has 11 heteroatoms. The standard InChI is InChI=1S/C23H34N6O5/c1-13(25)20(30)27-14(2)21(31)28-18(9-5-6-10-24)22(32)29-19(23(33)34)11-15-12-26-17-8-4-3-7-16(15)17/h3-4,7-8,12-14,18-19,26H,5-6,9-11,24-25H2,1-2H3,(H,27,30)(H,28,31)(H,29,32)(H,33,34). The van der Waals surface area contributed by atoms with Crippen LogP contribution in [-0.2, 0) is 25.6 Å². The van der Waals surface area contributed by atoms with Crippen LogP contribution in [0.3, 0.4) is 0 Å². The average molecular weight is 475 g/mol. The smallest absolute Gasteiger partial charge is 0.326 e. The molecule has 0 fully saturated rings. The van der Waals surface area contributed by atoms with Crippen LogP contribution in [0.25, 0.3) is 10.9 Å². The average Bonchev–Trinajstić information content (AvgIpc) is 3.20. The van der Waals surface area contributed by atoms with Crippen LogP contribution >= 0.6 is 0 Å². The molecule has 0 saturated heterocycles. The number of carbonyl (C=O) groups excluding carboxylic acids is 3. The molecule has 1 aromatic heterocycles. The second-order valence-electron chi connectivity index (χ2n) is 8.33. The third-order valence-corrected chi connectivity index (χ3v) is 5.46. The number of fused-ring (bicyclic) bond motifs is 1. The quantitative estimate of drug-likeness (QED) is 0.194. The summed E-state index contributed by atoms with van der Waals surface area (Å²) in [6.45, 7) is 3.38. The molecule has 0 spiro atoms. The minimum absolute atomic E-state index is 0.0649. The second-order valence-corrected chi connectivity index (χ2v) is 8.33. The van der Waals surface area contributed by atoms with E-state index in [1.54, 1.807) is 6.20 Å². The molecule has 2 aromatic rings. The SMILES string of the molecule is CC(N)C(=O)NC(C)C(=O)NC(CCCCN)C(=O)NC(Cc1c[nH]c2ccccc12)C(=O)O. The summed E-state index contributed by atoms with van der Waals surface area (Å²) in [4.78, 5) is 52.3. The molecule has 0 radical (unpaired) electrons. The molecule has 0 saturated carbocycles. The number of carboxylic acids is 1. The summed E-state index contributed by atoms with van der Waals surface area (Å²) in [5, 5.41) is 18.2. The Bertz CT molecular complexity index is 1000.